The van der Waals surface area contributed by atoms with Gasteiger partial charge in [-0.2, -0.15) is 0 Å². The Labute approximate surface area is 150 Å². The van der Waals surface area contributed by atoms with Crippen LogP contribution in [-0.2, 0) is 0 Å². The molecular formula is C19H17FN4S. The fourth-order valence-electron chi connectivity index (χ4n) is 3.33. The molecule has 1 aliphatic heterocycles. The molecule has 1 aromatic carbocycles. The van der Waals surface area contributed by atoms with Gasteiger partial charge in [-0.1, -0.05) is 18.2 Å². The number of nitrogens with one attached hydrogen (secondary N) is 1. The first-order valence-corrected chi connectivity index (χ1v) is 8.44. The Morgan fingerprint density at radius 1 is 1.08 bits per heavy atom. The maximum absolute atomic E-state index is 14.3. The van der Waals surface area contributed by atoms with Crippen molar-refractivity contribution in [2.24, 2.45) is 0 Å². The van der Waals surface area contributed by atoms with E-state index >= 15 is 0 Å². The number of hydrogen-bond acceptors (Lipinski definition) is 2. The van der Waals surface area contributed by atoms with E-state index in [1.54, 1.807) is 18.3 Å². The van der Waals surface area contributed by atoms with Crippen molar-refractivity contribution >= 4 is 17.3 Å². The van der Waals surface area contributed by atoms with Gasteiger partial charge in [0.05, 0.1) is 23.5 Å². The van der Waals surface area contributed by atoms with E-state index in [9.17, 15) is 4.39 Å². The molecule has 1 fully saturated rings. The molecule has 1 N–H and O–H groups in total. The van der Waals surface area contributed by atoms with Crippen molar-refractivity contribution in [2.45, 2.75) is 12.1 Å². The third-order valence-corrected chi connectivity index (χ3v) is 4.94. The molecule has 3 heterocycles. The van der Waals surface area contributed by atoms with Crippen molar-refractivity contribution in [3.8, 4) is 5.69 Å². The first kappa shape index (κ1) is 15.8. The van der Waals surface area contributed by atoms with E-state index in [0.29, 0.717) is 10.8 Å². The molecule has 2 aromatic heterocycles. The zero-order chi connectivity index (χ0) is 17.4. The van der Waals surface area contributed by atoms with Gasteiger partial charge < -0.3 is 14.8 Å². The van der Waals surface area contributed by atoms with Crippen LogP contribution in [-0.4, -0.2) is 26.6 Å². The van der Waals surface area contributed by atoms with Crippen LogP contribution in [0, 0.1) is 5.82 Å². The summed E-state index contributed by atoms with van der Waals surface area (Å²) in [6.45, 7) is 0. The average molecular weight is 352 g/mol. The quantitative estimate of drug-likeness (QED) is 0.730. The fraction of sp³-hybridized carbons (Fsp3) is 0.158. The number of aromatic nitrogens is 2. The highest BCUT2D eigenvalue weighted by atomic mass is 32.1. The molecule has 126 valence electrons. The molecule has 6 heteroatoms. The minimum absolute atomic E-state index is 0.0861. The van der Waals surface area contributed by atoms with Crippen LogP contribution in [0.15, 0.2) is 67.0 Å². The number of halogens is 1. The molecule has 1 aliphatic rings. The highest BCUT2D eigenvalue weighted by Gasteiger charge is 2.39. The number of rotatable bonds is 3. The van der Waals surface area contributed by atoms with Gasteiger partial charge in [0.2, 0.25) is 0 Å². The van der Waals surface area contributed by atoms with Crippen LogP contribution in [0.1, 0.15) is 23.5 Å². The first-order valence-electron chi connectivity index (χ1n) is 8.03. The summed E-state index contributed by atoms with van der Waals surface area (Å²) in [5.74, 6) is -0.259. The Hall–Kier alpha value is -2.73. The Morgan fingerprint density at radius 2 is 1.88 bits per heavy atom. The summed E-state index contributed by atoms with van der Waals surface area (Å²) >= 11 is 5.46. The molecule has 0 radical (unpaired) electrons. The second-order valence-electron chi connectivity index (χ2n) is 5.99. The van der Waals surface area contributed by atoms with Crippen LogP contribution in [0.3, 0.4) is 0 Å². The fourth-order valence-corrected chi connectivity index (χ4v) is 3.57. The number of pyridine rings is 1. The van der Waals surface area contributed by atoms with Crippen LogP contribution >= 0.6 is 12.2 Å². The van der Waals surface area contributed by atoms with Gasteiger partial charge in [0.1, 0.15) is 5.82 Å². The Kier molecular flexibility index (Phi) is 3.97. The lowest BCUT2D eigenvalue weighted by Crippen LogP contribution is -2.26. The molecule has 0 bridgehead atoms. The normalized spacial score (nSPS) is 19.9. The van der Waals surface area contributed by atoms with Gasteiger partial charge in [0.25, 0.3) is 0 Å². The number of thiocarbonyl (C=S) groups is 1. The van der Waals surface area contributed by atoms with Gasteiger partial charge in [0, 0.05) is 25.1 Å². The maximum Gasteiger partial charge on any atom is 0.169 e. The van der Waals surface area contributed by atoms with Crippen LogP contribution in [0.25, 0.3) is 5.69 Å². The Morgan fingerprint density at radius 3 is 2.64 bits per heavy atom. The molecule has 0 aliphatic carbocycles. The van der Waals surface area contributed by atoms with Crippen molar-refractivity contribution in [3.63, 3.8) is 0 Å². The predicted molar refractivity (Wildman–Crippen MR) is 98.9 cm³/mol. The van der Waals surface area contributed by atoms with Gasteiger partial charge in [-0.3, -0.25) is 4.98 Å². The molecule has 0 amide bonds. The molecule has 4 rings (SSSR count). The summed E-state index contributed by atoms with van der Waals surface area (Å²) in [6.07, 6.45) is 3.64. The van der Waals surface area contributed by atoms with Crippen LogP contribution in [0.5, 0.6) is 0 Å². The van der Waals surface area contributed by atoms with E-state index < -0.39 is 0 Å². The van der Waals surface area contributed by atoms with E-state index in [-0.39, 0.29) is 17.9 Å². The third kappa shape index (κ3) is 2.68. The predicted octanol–water partition coefficient (Wildman–Crippen LogP) is 3.61. The van der Waals surface area contributed by atoms with Crippen molar-refractivity contribution in [1.82, 2.24) is 19.8 Å². The van der Waals surface area contributed by atoms with E-state index in [2.05, 4.69) is 10.3 Å². The number of likely N-dealkylation sites (N-methyl/N-ethyl adjacent to an activating group) is 1. The summed E-state index contributed by atoms with van der Waals surface area (Å²) in [6, 6.07) is 16.3. The summed E-state index contributed by atoms with van der Waals surface area (Å²) in [7, 11) is 1.95. The molecule has 2 unspecified atom stereocenters. The monoisotopic (exact) mass is 352 g/mol. The smallest absolute Gasteiger partial charge is 0.169 e. The minimum atomic E-state index is -0.259. The van der Waals surface area contributed by atoms with E-state index in [4.69, 9.17) is 12.2 Å². The SMILES string of the molecule is CN1C(=S)NC(c2ccccn2)C1c1cccn1-c1ccccc1F. The van der Waals surface area contributed by atoms with Crippen molar-refractivity contribution in [3.05, 3.63) is 84.2 Å². The second kappa shape index (κ2) is 6.29. The van der Waals surface area contributed by atoms with Gasteiger partial charge >= 0.3 is 0 Å². The average Bonchev–Trinajstić information content (AvgIpc) is 3.21. The molecule has 3 aromatic rings. The van der Waals surface area contributed by atoms with Gasteiger partial charge in [-0.05, 0) is 48.6 Å². The summed E-state index contributed by atoms with van der Waals surface area (Å²) in [5.41, 5.74) is 2.38. The lowest BCUT2D eigenvalue weighted by Gasteiger charge is -2.25. The standard InChI is InChI=1S/C19H17FN4S/c1-23-18(17(22-19(23)25)14-8-4-5-11-21-14)16-10-6-12-24(16)15-9-3-2-7-13(15)20/h2-12,17-18H,1H3,(H,22,25). The number of para-hydroxylation sites is 1. The largest absolute Gasteiger partial charge is 0.352 e. The van der Waals surface area contributed by atoms with Gasteiger partial charge in [-0.25, -0.2) is 4.39 Å². The van der Waals surface area contributed by atoms with Gasteiger partial charge in [0.15, 0.2) is 5.11 Å². The summed E-state index contributed by atoms with van der Waals surface area (Å²) in [5, 5.41) is 3.99. The molecule has 2 atom stereocenters. The number of hydrogen-bond donors (Lipinski definition) is 1. The molecule has 1 saturated heterocycles. The second-order valence-corrected chi connectivity index (χ2v) is 6.38. The Bertz CT molecular complexity index is 909. The third-order valence-electron chi connectivity index (χ3n) is 4.53. The van der Waals surface area contributed by atoms with Crippen LogP contribution in [0.4, 0.5) is 4.39 Å². The van der Waals surface area contributed by atoms with E-state index in [1.807, 2.05) is 59.1 Å². The van der Waals surface area contributed by atoms with Crippen molar-refractivity contribution in [1.29, 1.82) is 0 Å². The number of benzene rings is 1. The minimum Gasteiger partial charge on any atom is -0.352 e. The highest BCUT2D eigenvalue weighted by molar-refractivity contribution is 7.80. The van der Waals surface area contributed by atoms with Crippen LogP contribution in [0.2, 0.25) is 0 Å². The summed E-state index contributed by atoms with van der Waals surface area (Å²) in [4.78, 5) is 6.48. The van der Waals surface area contributed by atoms with Gasteiger partial charge in [-0.15, -0.1) is 0 Å². The van der Waals surface area contributed by atoms with Crippen LogP contribution < -0.4 is 5.32 Å². The van der Waals surface area contributed by atoms with Crippen molar-refractivity contribution in [2.75, 3.05) is 7.05 Å². The van der Waals surface area contributed by atoms with E-state index in [1.165, 1.54) is 6.07 Å². The molecular weight excluding hydrogens is 335 g/mol. The maximum atomic E-state index is 14.3. The van der Waals surface area contributed by atoms with E-state index in [0.717, 1.165) is 11.4 Å². The zero-order valence-corrected chi connectivity index (χ0v) is 14.4. The zero-order valence-electron chi connectivity index (χ0n) is 13.6. The summed E-state index contributed by atoms with van der Waals surface area (Å²) < 4.78 is 16.2. The lowest BCUT2D eigenvalue weighted by atomic mass is 10.0. The first-order chi connectivity index (χ1) is 12.2. The lowest BCUT2D eigenvalue weighted by molar-refractivity contribution is 0.356. The molecule has 0 saturated carbocycles. The van der Waals surface area contributed by atoms with Crippen molar-refractivity contribution < 1.29 is 4.39 Å². The molecule has 0 spiro atoms. The Balaban J connectivity index is 1.82. The molecule has 25 heavy (non-hydrogen) atoms. The highest BCUT2D eigenvalue weighted by Crippen LogP contribution is 2.38. The number of nitrogens with zero attached hydrogens (tertiary/aromatic N) is 3. The molecule has 4 nitrogen and oxygen atoms in total. The topological polar surface area (TPSA) is 33.1 Å².